The molecule has 1 atom stereocenters. The first kappa shape index (κ1) is 21.0. The van der Waals surface area contributed by atoms with Crippen LogP contribution in [0.4, 0.5) is 0 Å². The molecule has 0 aliphatic carbocycles. The van der Waals surface area contributed by atoms with E-state index in [4.69, 9.17) is 9.47 Å². The first-order chi connectivity index (χ1) is 13.3. The molecule has 6 nitrogen and oxygen atoms in total. The fourth-order valence-corrected chi connectivity index (χ4v) is 2.49. The van der Waals surface area contributed by atoms with Gasteiger partial charge < -0.3 is 19.5 Å². The van der Waals surface area contributed by atoms with E-state index in [0.29, 0.717) is 23.7 Å². The van der Waals surface area contributed by atoms with Crippen molar-refractivity contribution in [3.05, 3.63) is 59.7 Å². The Hall–Kier alpha value is -3.28. The maximum absolute atomic E-state index is 12.2. The number of aromatic hydroxyl groups is 1. The molecular weight excluding hydrogens is 358 g/mol. The summed E-state index contributed by atoms with van der Waals surface area (Å²) in [5.41, 5.74) is 1.24. The maximum atomic E-state index is 12.2. The molecule has 2 aromatic rings. The molecule has 0 aromatic heterocycles. The van der Waals surface area contributed by atoms with Crippen molar-refractivity contribution in [3.8, 4) is 17.2 Å². The number of carbonyl (C=O) groups is 2. The van der Waals surface area contributed by atoms with Gasteiger partial charge in [0.2, 0.25) is 0 Å². The number of amides is 1. The highest BCUT2D eigenvalue weighted by Gasteiger charge is 2.18. The van der Waals surface area contributed by atoms with Crippen molar-refractivity contribution in [1.82, 2.24) is 4.90 Å². The van der Waals surface area contributed by atoms with Crippen LogP contribution in [0.3, 0.4) is 0 Å². The van der Waals surface area contributed by atoms with Crippen LogP contribution < -0.4 is 9.47 Å². The summed E-state index contributed by atoms with van der Waals surface area (Å²) in [5.74, 6) is 0.751. The standard InChI is InChI=1S/C22H25NO5/c1-5-27-21-14-16(6-12-19(25)17-8-10-18(24)11-9-17)7-13-20(21)28-15(2)22(26)23(3)4/h6-15,24H,5H2,1-4H3/b12-6+/t15-/m1/s1. The summed E-state index contributed by atoms with van der Waals surface area (Å²) in [6, 6.07) is 11.3. The Balaban J connectivity index is 2.17. The Kier molecular flexibility index (Phi) is 7.21. The van der Waals surface area contributed by atoms with Crippen molar-refractivity contribution >= 4 is 17.8 Å². The van der Waals surface area contributed by atoms with Crippen LogP contribution in [-0.2, 0) is 4.79 Å². The average molecular weight is 383 g/mol. The van der Waals surface area contributed by atoms with E-state index in [-0.39, 0.29) is 17.4 Å². The number of likely N-dealkylation sites (N-methyl/N-ethyl adjacent to an activating group) is 1. The predicted octanol–water partition coefficient (Wildman–Crippen LogP) is 3.54. The Bertz CT molecular complexity index is 856. The number of carbonyl (C=O) groups excluding carboxylic acids is 2. The lowest BCUT2D eigenvalue weighted by atomic mass is 10.1. The molecule has 148 valence electrons. The molecule has 0 spiro atoms. The zero-order valence-electron chi connectivity index (χ0n) is 16.5. The zero-order valence-corrected chi connectivity index (χ0v) is 16.5. The molecule has 0 saturated heterocycles. The van der Waals surface area contributed by atoms with Gasteiger partial charge in [-0.3, -0.25) is 9.59 Å². The average Bonchev–Trinajstić information content (AvgIpc) is 2.67. The second-order valence-corrected chi connectivity index (χ2v) is 6.38. The third-order valence-electron chi connectivity index (χ3n) is 3.94. The minimum atomic E-state index is -0.647. The number of phenolic OH excluding ortho intramolecular Hbond substituents is 1. The van der Waals surface area contributed by atoms with Gasteiger partial charge >= 0.3 is 0 Å². The van der Waals surface area contributed by atoms with Gasteiger partial charge in [0, 0.05) is 19.7 Å². The van der Waals surface area contributed by atoms with Gasteiger partial charge in [-0.2, -0.15) is 0 Å². The van der Waals surface area contributed by atoms with Gasteiger partial charge in [0.25, 0.3) is 5.91 Å². The SMILES string of the molecule is CCOc1cc(/C=C/C(=O)c2ccc(O)cc2)ccc1O[C@H](C)C(=O)N(C)C. The van der Waals surface area contributed by atoms with E-state index in [9.17, 15) is 14.7 Å². The van der Waals surface area contributed by atoms with Crippen molar-refractivity contribution in [1.29, 1.82) is 0 Å². The predicted molar refractivity (Wildman–Crippen MR) is 108 cm³/mol. The summed E-state index contributed by atoms with van der Waals surface area (Å²) >= 11 is 0. The number of ether oxygens (including phenoxy) is 2. The largest absolute Gasteiger partial charge is 0.508 e. The summed E-state index contributed by atoms with van der Waals surface area (Å²) in [6.07, 6.45) is 2.48. The summed E-state index contributed by atoms with van der Waals surface area (Å²) < 4.78 is 11.4. The van der Waals surface area contributed by atoms with Gasteiger partial charge in [0.1, 0.15) is 5.75 Å². The molecule has 1 amide bonds. The van der Waals surface area contributed by atoms with Gasteiger partial charge in [0.05, 0.1) is 6.61 Å². The number of phenols is 1. The Morgan fingerprint density at radius 1 is 1.11 bits per heavy atom. The van der Waals surface area contributed by atoms with Crippen LogP contribution >= 0.6 is 0 Å². The Morgan fingerprint density at radius 3 is 2.39 bits per heavy atom. The van der Waals surface area contributed by atoms with Crippen LogP contribution in [0.15, 0.2) is 48.5 Å². The van der Waals surface area contributed by atoms with Gasteiger partial charge in [0.15, 0.2) is 23.4 Å². The molecule has 6 heteroatoms. The van der Waals surface area contributed by atoms with E-state index < -0.39 is 6.10 Å². The maximum Gasteiger partial charge on any atom is 0.262 e. The van der Waals surface area contributed by atoms with Crippen molar-refractivity contribution in [3.63, 3.8) is 0 Å². The summed E-state index contributed by atoms with van der Waals surface area (Å²) in [6.45, 7) is 3.98. The minimum absolute atomic E-state index is 0.111. The van der Waals surface area contributed by atoms with Crippen molar-refractivity contribution in [2.45, 2.75) is 20.0 Å². The summed E-state index contributed by atoms with van der Waals surface area (Å²) in [4.78, 5) is 25.7. The zero-order chi connectivity index (χ0) is 20.7. The normalized spacial score (nSPS) is 11.9. The van der Waals surface area contributed by atoms with Crippen LogP contribution in [0.5, 0.6) is 17.2 Å². The van der Waals surface area contributed by atoms with Crippen LogP contribution in [0, 0.1) is 0 Å². The molecule has 0 fully saturated rings. The Labute approximate surface area is 165 Å². The second kappa shape index (κ2) is 9.60. The minimum Gasteiger partial charge on any atom is -0.508 e. The monoisotopic (exact) mass is 383 g/mol. The van der Waals surface area contributed by atoms with Crippen molar-refractivity contribution < 1.29 is 24.2 Å². The number of hydrogen-bond donors (Lipinski definition) is 1. The molecule has 0 radical (unpaired) electrons. The first-order valence-electron chi connectivity index (χ1n) is 8.98. The van der Waals surface area contributed by atoms with Gasteiger partial charge in [-0.05, 0) is 61.9 Å². The van der Waals surface area contributed by atoms with E-state index >= 15 is 0 Å². The molecule has 0 heterocycles. The molecule has 1 N–H and O–H groups in total. The fourth-order valence-electron chi connectivity index (χ4n) is 2.49. The fraction of sp³-hybridized carbons (Fsp3) is 0.273. The quantitative estimate of drug-likeness (QED) is 0.557. The van der Waals surface area contributed by atoms with Crippen LogP contribution in [-0.4, -0.2) is 48.5 Å². The number of ketones is 1. The van der Waals surface area contributed by atoms with Crippen molar-refractivity contribution in [2.75, 3.05) is 20.7 Å². The van der Waals surface area contributed by atoms with E-state index in [2.05, 4.69) is 0 Å². The molecule has 0 aliphatic heterocycles. The molecular formula is C22H25NO5. The lowest BCUT2D eigenvalue weighted by Crippen LogP contribution is -2.35. The number of allylic oxidation sites excluding steroid dienone is 1. The van der Waals surface area contributed by atoms with Crippen molar-refractivity contribution in [2.24, 2.45) is 0 Å². The molecule has 28 heavy (non-hydrogen) atoms. The Morgan fingerprint density at radius 2 is 1.79 bits per heavy atom. The highest BCUT2D eigenvalue weighted by atomic mass is 16.5. The number of rotatable bonds is 8. The number of hydrogen-bond acceptors (Lipinski definition) is 5. The van der Waals surface area contributed by atoms with Crippen LogP contribution in [0.1, 0.15) is 29.8 Å². The highest BCUT2D eigenvalue weighted by molar-refractivity contribution is 6.06. The molecule has 0 aliphatic rings. The van der Waals surface area contributed by atoms with Crippen LogP contribution in [0.2, 0.25) is 0 Å². The van der Waals surface area contributed by atoms with E-state index in [0.717, 1.165) is 5.56 Å². The molecule has 0 unspecified atom stereocenters. The lowest BCUT2D eigenvalue weighted by molar-refractivity contribution is -0.135. The third kappa shape index (κ3) is 5.61. The van der Waals surface area contributed by atoms with Crippen LogP contribution in [0.25, 0.3) is 6.08 Å². The van der Waals surface area contributed by atoms with Gasteiger partial charge in [-0.1, -0.05) is 12.1 Å². The van der Waals surface area contributed by atoms with E-state index in [1.807, 2.05) is 6.92 Å². The molecule has 0 bridgehead atoms. The lowest BCUT2D eigenvalue weighted by Gasteiger charge is -2.20. The van der Waals surface area contributed by atoms with E-state index in [1.165, 1.54) is 23.1 Å². The summed E-state index contributed by atoms with van der Waals surface area (Å²) in [7, 11) is 3.34. The second-order valence-electron chi connectivity index (χ2n) is 6.38. The molecule has 0 saturated carbocycles. The summed E-state index contributed by atoms with van der Waals surface area (Å²) in [5, 5.41) is 9.30. The van der Waals surface area contributed by atoms with Gasteiger partial charge in [-0.15, -0.1) is 0 Å². The highest BCUT2D eigenvalue weighted by Crippen LogP contribution is 2.30. The molecule has 2 rings (SSSR count). The smallest absolute Gasteiger partial charge is 0.262 e. The number of benzene rings is 2. The third-order valence-corrected chi connectivity index (χ3v) is 3.94. The topological polar surface area (TPSA) is 76.1 Å². The molecule has 2 aromatic carbocycles. The van der Waals surface area contributed by atoms with Gasteiger partial charge in [-0.25, -0.2) is 0 Å². The van der Waals surface area contributed by atoms with E-state index in [1.54, 1.807) is 57.4 Å². The number of nitrogens with zero attached hydrogens (tertiary/aromatic N) is 1. The first-order valence-corrected chi connectivity index (χ1v) is 8.98.